The minimum Gasteiger partial charge on any atom is -0.491 e. The Hall–Kier alpha value is -1.38. The van der Waals surface area contributed by atoms with Crippen LogP contribution in [0.4, 0.5) is 8.78 Å². The summed E-state index contributed by atoms with van der Waals surface area (Å²) in [4.78, 5) is 0. The van der Waals surface area contributed by atoms with Gasteiger partial charge in [0.1, 0.15) is 0 Å². The number of allylic oxidation sites excluding steroid dienone is 2. The summed E-state index contributed by atoms with van der Waals surface area (Å²) in [7, 11) is 0. The first-order valence-corrected chi connectivity index (χ1v) is 9.44. The van der Waals surface area contributed by atoms with E-state index in [1.807, 2.05) is 0 Å². The molecule has 132 valence electrons. The van der Waals surface area contributed by atoms with E-state index in [0.29, 0.717) is 24.5 Å². The first-order chi connectivity index (χ1) is 11.7. The van der Waals surface area contributed by atoms with Gasteiger partial charge in [-0.15, -0.1) is 0 Å². The molecular formula is C21H28F2O. The molecule has 0 heterocycles. The molecule has 3 unspecified atom stereocenters. The van der Waals surface area contributed by atoms with Gasteiger partial charge < -0.3 is 4.74 Å². The van der Waals surface area contributed by atoms with Crippen LogP contribution in [-0.4, -0.2) is 6.61 Å². The van der Waals surface area contributed by atoms with Crippen LogP contribution in [0.1, 0.15) is 57.9 Å². The van der Waals surface area contributed by atoms with Crippen molar-refractivity contribution in [3.05, 3.63) is 41.0 Å². The maximum Gasteiger partial charge on any atom is 0.200 e. The van der Waals surface area contributed by atoms with Crippen molar-refractivity contribution in [1.82, 2.24) is 0 Å². The van der Waals surface area contributed by atoms with Gasteiger partial charge in [0.05, 0.1) is 6.61 Å². The molecule has 0 spiro atoms. The minimum atomic E-state index is -0.850. The van der Waals surface area contributed by atoms with Gasteiger partial charge >= 0.3 is 0 Å². The average Bonchev–Trinajstić information content (AvgIpc) is 3.15. The van der Waals surface area contributed by atoms with Crippen molar-refractivity contribution in [2.24, 2.45) is 17.8 Å². The number of rotatable bonds is 7. The topological polar surface area (TPSA) is 9.23 Å². The van der Waals surface area contributed by atoms with E-state index < -0.39 is 11.6 Å². The molecule has 0 amide bonds. The van der Waals surface area contributed by atoms with Crippen molar-refractivity contribution in [2.45, 2.75) is 58.8 Å². The molecule has 0 aromatic heterocycles. The summed E-state index contributed by atoms with van der Waals surface area (Å²) in [5.41, 5.74) is 1.94. The lowest BCUT2D eigenvalue weighted by Crippen LogP contribution is -2.11. The fourth-order valence-corrected chi connectivity index (χ4v) is 4.73. The predicted octanol–water partition coefficient (Wildman–Crippen LogP) is 6.07. The van der Waals surface area contributed by atoms with Crippen LogP contribution in [0.15, 0.2) is 23.8 Å². The van der Waals surface area contributed by atoms with E-state index in [1.54, 1.807) is 19.1 Å². The second-order valence-corrected chi connectivity index (χ2v) is 7.19. The Balaban J connectivity index is 1.62. The summed E-state index contributed by atoms with van der Waals surface area (Å²) in [5.74, 6) is 0.785. The van der Waals surface area contributed by atoms with E-state index in [0.717, 1.165) is 18.3 Å². The molecule has 0 saturated heterocycles. The van der Waals surface area contributed by atoms with Gasteiger partial charge in [-0.3, -0.25) is 0 Å². The van der Waals surface area contributed by atoms with Gasteiger partial charge in [-0.1, -0.05) is 37.5 Å². The molecule has 0 N–H and O–H groups in total. The van der Waals surface area contributed by atoms with E-state index in [-0.39, 0.29) is 5.75 Å². The molecule has 1 saturated carbocycles. The summed E-state index contributed by atoms with van der Waals surface area (Å²) in [6.45, 7) is 4.37. The van der Waals surface area contributed by atoms with Crippen LogP contribution < -0.4 is 4.74 Å². The monoisotopic (exact) mass is 334 g/mol. The van der Waals surface area contributed by atoms with Crippen LogP contribution >= 0.6 is 0 Å². The van der Waals surface area contributed by atoms with Gasteiger partial charge in [-0.2, -0.15) is 4.39 Å². The van der Waals surface area contributed by atoms with Crippen molar-refractivity contribution >= 4 is 0 Å². The lowest BCUT2D eigenvalue weighted by Gasteiger charge is -2.19. The van der Waals surface area contributed by atoms with Crippen LogP contribution in [0, 0.1) is 29.4 Å². The zero-order valence-corrected chi connectivity index (χ0v) is 14.8. The molecule has 2 aliphatic rings. The fraction of sp³-hybridized carbons (Fsp3) is 0.619. The molecule has 3 heteroatoms. The van der Waals surface area contributed by atoms with Gasteiger partial charge in [0.2, 0.25) is 5.82 Å². The molecule has 2 aliphatic carbocycles. The van der Waals surface area contributed by atoms with Crippen LogP contribution in [-0.2, 0) is 6.42 Å². The van der Waals surface area contributed by atoms with Crippen molar-refractivity contribution in [3.63, 3.8) is 0 Å². The second-order valence-electron chi connectivity index (χ2n) is 7.19. The van der Waals surface area contributed by atoms with Crippen molar-refractivity contribution in [1.29, 1.82) is 0 Å². The average molecular weight is 334 g/mol. The third-order valence-electron chi connectivity index (χ3n) is 5.87. The molecule has 3 rings (SSSR count). The lowest BCUT2D eigenvalue weighted by molar-refractivity contribution is 0.313. The normalized spacial score (nSPS) is 25.7. The first kappa shape index (κ1) is 17.4. The summed E-state index contributed by atoms with van der Waals surface area (Å²) in [6.07, 6.45) is 10.2. The third kappa shape index (κ3) is 3.36. The van der Waals surface area contributed by atoms with Crippen molar-refractivity contribution in [3.8, 4) is 5.75 Å². The van der Waals surface area contributed by atoms with E-state index in [1.165, 1.54) is 37.7 Å². The van der Waals surface area contributed by atoms with Crippen LogP contribution in [0.25, 0.3) is 0 Å². The van der Waals surface area contributed by atoms with Crippen LogP contribution in [0.2, 0.25) is 0 Å². The molecular weight excluding hydrogens is 306 g/mol. The number of ether oxygens (including phenoxy) is 1. The number of halogens is 2. The van der Waals surface area contributed by atoms with Gasteiger partial charge in [0.25, 0.3) is 0 Å². The zero-order chi connectivity index (χ0) is 17.1. The Kier molecular flexibility index (Phi) is 5.57. The smallest absolute Gasteiger partial charge is 0.200 e. The Bertz CT molecular complexity index is 608. The maximum absolute atomic E-state index is 14.2. The fourth-order valence-electron chi connectivity index (χ4n) is 4.73. The van der Waals surface area contributed by atoms with E-state index in [9.17, 15) is 8.78 Å². The van der Waals surface area contributed by atoms with Gasteiger partial charge in [-0.05, 0) is 68.4 Å². The summed E-state index contributed by atoms with van der Waals surface area (Å²) < 4.78 is 33.3. The van der Waals surface area contributed by atoms with Gasteiger partial charge in [0.15, 0.2) is 11.6 Å². The molecule has 0 radical (unpaired) electrons. The first-order valence-electron chi connectivity index (χ1n) is 9.44. The van der Waals surface area contributed by atoms with Crippen molar-refractivity contribution < 1.29 is 13.5 Å². The van der Waals surface area contributed by atoms with Gasteiger partial charge in [-0.25, -0.2) is 4.39 Å². The molecule has 1 fully saturated rings. The molecule has 3 atom stereocenters. The van der Waals surface area contributed by atoms with E-state index in [2.05, 4.69) is 13.0 Å². The summed E-state index contributed by atoms with van der Waals surface area (Å²) in [6, 6.07) is 3.22. The molecule has 0 bridgehead atoms. The molecule has 1 nitrogen and oxygen atoms in total. The Labute approximate surface area is 144 Å². The highest BCUT2D eigenvalue weighted by Gasteiger charge is 2.39. The zero-order valence-electron chi connectivity index (χ0n) is 14.8. The summed E-state index contributed by atoms with van der Waals surface area (Å²) in [5, 5.41) is 0. The number of benzene rings is 1. The highest BCUT2D eigenvalue weighted by molar-refractivity contribution is 5.32. The van der Waals surface area contributed by atoms with Crippen LogP contribution in [0.3, 0.4) is 0 Å². The second kappa shape index (κ2) is 7.67. The number of hydrogen-bond acceptors (Lipinski definition) is 1. The van der Waals surface area contributed by atoms with E-state index in [4.69, 9.17) is 4.74 Å². The number of aryl methyl sites for hydroxylation is 1. The predicted molar refractivity (Wildman–Crippen MR) is 93.2 cm³/mol. The summed E-state index contributed by atoms with van der Waals surface area (Å²) >= 11 is 0. The Morgan fingerprint density at radius 1 is 1.08 bits per heavy atom. The van der Waals surface area contributed by atoms with Gasteiger partial charge in [0, 0.05) is 0 Å². The molecule has 24 heavy (non-hydrogen) atoms. The standard InChI is InChI=1S/C21H28F2O/c1-3-5-14-8-11-18-15(9-12-17(14)18)6-7-16-10-13-19(24-4-2)21(23)20(16)22/h9-10,13-14,17-18H,3-8,11-12H2,1-2H3. The third-order valence-corrected chi connectivity index (χ3v) is 5.87. The SMILES string of the molecule is CCCC1CCC2C(CCc3ccc(OCC)c(F)c3F)=CCC12. The Morgan fingerprint density at radius 3 is 2.67 bits per heavy atom. The number of hydrogen-bond donors (Lipinski definition) is 0. The van der Waals surface area contributed by atoms with E-state index >= 15 is 0 Å². The minimum absolute atomic E-state index is 0.0112. The largest absolute Gasteiger partial charge is 0.491 e. The molecule has 0 aliphatic heterocycles. The lowest BCUT2D eigenvalue weighted by atomic mass is 9.85. The molecule has 1 aromatic carbocycles. The Morgan fingerprint density at radius 2 is 1.92 bits per heavy atom. The maximum atomic E-state index is 14.2. The highest BCUT2D eigenvalue weighted by atomic mass is 19.2. The molecule has 1 aromatic rings. The van der Waals surface area contributed by atoms with Crippen LogP contribution in [0.5, 0.6) is 5.75 Å². The highest BCUT2D eigenvalue weighted by Crippen LogP contribution is 2.50. The van der Waals surface area contributed by atoms with Crippen molar-refractivity contribution in [2.75, 3.05) is 6.61 Å². The quantitative estimate of drug-likeness (QED) is 0.550. The number of fused-ring (bicyclic) bond motifs is 1.